The van der Waals surface area contributed by atoms with E-state index in [4.69, 9.17) is 5.26 Å². The molecule has 1 N–H and O–H groups in total. The van der Waals surface area contributed by atoms with Crippen molar-refractivity contribution in [1.82, 2.24) is 0 Å². The van der Waals surface area contributed by atoms with E-state index >= 15 is 0 Å². The van der Waals surface area contributed by atoms with Crippen LogP contribution in [-0.2, 0) is 21.2 Å². The lowest BCUT2D eigenvalue weighted by Gasteiger charge is -2.19. The summed E-state index contributed by atoms with van der Waals surface area (Å²) in [6, 6.07) is 23.7. The van der Waals surface area contributed by atoms with Gasteiger partial charge in [0.25, 0.3) is 10.0 Å². The number of nitrogens with zero attached hydrogens (tertiary/aromatic N) is 2. The van der Waals surface area contributed by atoms with E-state index in [0.717, 1.165) is 5.56 Å². The molecule has 6 nitrogen and oxygen atoms in total. The third kappa shape index (κ3) is 4.81. The molecule has 0 saturated heterocycles. The summed E-state index contributed by atoms with van der Waals surface area (Å²) in [5.74, 6) is -0.224. The van der Waals surface area contributed by atoms with Crippen molar-refractivity contribution in [3.8, 4) is 6.07 Å². The Morgan fingerprint density at radius 2 is 1.69 bits per heavy atom. The maximum absolute atomic E-state index is 12.7. The molecule has 0 unspecified atom stereocenters. The molecule has 0 aliphatic heterocycles. The molecule has 0 heterocycles. The van der Waals surface area contributed by atoms with Crippen LogP contribution in [0.4, 0.5) is 11.4 Å². The third-order valence-corrected chi connectivity index (χ3v) is 6.14. The molecule has 1 amide bonds. The van der Waals surface area contributed by atoms with Crippen molar-refractivity contribution in [2.45, 2.75) is 11.3 Å². The minimum Gasteiger partial charge on any atom is -0.326 e. The van der Waals surface area contributed by atoms with Gasteiger partial charge in [-0.3, -0.25) is 9.10 Å². The van der Waals surface area contributed by atoms with Crippen molar-refractivity contribution in [2.75, 3.05) is 16.7 Å². The molecule has 0 bridgehead atoms. The van der Waals surface area contributed by atoms with Crippen LogP contribution in [0.1, 0.15) is 11.1 Å². The molecular weight excluding hydrogens is 386 g/mol. The second kappa shape index (κ2) is 8.59. The van der Waals surface area contributed by atoms with Crippen molar-refractivity contribution in [1.29, 1.82) is 5.26 Å². The van der Waals surface area contributed by atoms with Gasteiger partial charge in [-0.1, -0.05) is 36.4 Å². The first kappa shape index (κ1) is 20.1. The van der Waals surface area contributed by atoms with Crippen molar-refractivity contribution in [2.24, 2.45) is 0 Å². The van der Waals surface area contributed by atoms with Crippen LogP contribution in [0.2, 0.25) is 0 Å². The lowest BCUT2D eigenvalue weighted by Crippen LogP contribution is -2.26. The van der Waals surface area contributed by atoms with Crippen LogP contribution in [0.3, 0.4) is 0 Å². The van der Waals surface area contributed by atoms with Gasteiger partial charge in [0, 0.05) is 12.7 Å². The molecule has 0 atom stereocenters. The van der Waals surface area contributed by atoms with Gasteiger partial charge in [-0.25, -0.2) is 8.42 Å². The Morgan fingerprint density at radius 3 is 2.34 bits per heavy atom. The number of sulfonamides is 1. The quantitative estimate of drug-likeness (QED) is 0.679. The monoisotopic (exact) mass is 405 g/mol. The largest absolute Gasteiger partial charge is 0.326 e. The topological polar surface area (TPSA) is 90.3 Å². The number of nitrogens with one attached hydrogen (secondary N) is 1. The number of benzene rings is 3. The number of anilines is 2. The normalized spacial score (nSPS) is 10.8. The third-order valence-electron chi connectivity index (χ3n) is 4.34. The fourth-order valence-electron chi connectivity index (χ4n) is 2.77. The maximum Gasteiger partial charge on any atom is 0.264 e. The zero-order chi connectivity index (χ0) is 20.9. The fraction of sp³-hybridized carbons (Fsp3) is 0.0909. The second-order valence-electron chi connectivity index (χ2n) is 6.37. The van der Waals surface area contributed by atoms with E-state index in [2.05, 4.69) is 5.32 Å². The van der Waals surface area contributed by atoms with Crippen LogP contribution in [0.25, 0.3) is 0 Å². The van der Waals surface area contributed by atoms with E-state index in [0.29, 0.717) is 16.9 Å². The van der Waals surface area contributed by atoms with Gasteiger partial charge in [-0.05, 0) is 48.0 Å². The first-order valence-corrected chi connectivity index (χ1v) is 10.3. The van der Waals surface area contributed by atoms with Crippen LogP contribution in [-0.4, -0.2) is 21.4 Å². The van der Waals surface area contributed by atoms with Gasteiger partial charge in [0.1, 0.15) is 0 Å². The van der Waals surface area contributed by atoms with Crippen molar-refractivity contribution in [3.63, 3.8) is 0 Å². The van der Waals surface area contributed by atoms with E-state index in [1.807, 2.05) is 6.07 Å². The van der Waals surface area contributed by atoms with E-state index < -0.39 is 10.0 Å². The average Bonchev–Trinajstić information content (AvgIpc) is 2.74. The zero-order valence-electron chi connectivity index (χ0n) is 15.7. The summed E-state index contributed by atoms with van der Waals surface area (Å²) in [4.78, 5) is 12.5. The van der Waals surface area contributed by atoms with Crippen LogP contribution >= 0.6 is 0 Å². The molecule has 146 valence electrons. The smallest absolute Gasteiger partial charge is 0.264 e. The highest BCUT2D eigenvalue weighted by molar-refractivity contribution is 7.92. The van der Waals surface area contributed by atoms with Crippen molar-refractivity contribution in [3.05, 3.63) is 90.0 Å². The van der Waals surface area contributed by atoms with Gasteiger partial charge in [0.15, 0.2) is 0 Å². The Hall–Kier alpha value is -3.63. The van der Waals surface area contributed by atoms with Crippen molar-refractivity contribution < 1.29 is 13.2 Å². The summed E-state index contributed by atoms with van der Waals surface area (Å²) < 4.78 is 26.6. The molecule has 0 fully saturated rings. The zero-order valence-corrected chi connectivity index (χ0v) is 16.6. The predicted molar refractivity (Wildman–Crippen MR) is 112 cm³/mol. The van der Waals surface area contributed by atoms with E-state index in [1.165, 1.54) is 11.4 Å². The molecule has 0 spiro atoms. The predicted octanol–water partition coefficient (Wildman–Crippen LogP) is 3.56. The lowest BCUT2D eigenvalue weighted by molar-refractivity contribution is -0.115. The van der Waals surface area contributed by atoms with Crippen LogP contribution in [0.15, 0.2) is 83.8 Å². The molecule has 3 rings (SSSR count). The summed E-state index contributed by atoms with van der Waals surface area (Å²) in [5, 5.41) is 11.7. The molecular formula is C22H19N3O3S. The van der Waals surface area contributed by atoms with Gasteiger partial charge < -0.3 is 5.32 Å². The maximum atomic E-state index is 12.7. The molecule has 0 saturated carbocycles. The Bertz CT molecular complexity index is 1150. The molecule has 0 aliphatic rings. The van der Waals surface area contributed by atoms with Crippen molar-refractivity contribution >= 4 is 27.3 Å². The summed E-state index contributed by atoms with van der Waals surface area (Å²) >= 11 is 0. The van der Waals surface area contributed by atoms with Gasteiger partial charge >= 0.3 is 0 Å². The summed E-state index contributed by atoms with van der Waals surface area (Å²) in [7, 11) is -2.16. The number of hydrogen-bond acceptors (Lipinski definition) is 4. The first-order valence-electron chi connectivity index (χ1n) is 8.83. The number of carbonyl (C=O) groups is 1. The van der Waals surface area contributed by atoms with Crippen LogP contribution in [0.5, 0.6) is 0 Å². The highest BCUT2D eigenvalue weighted by atomic mass is 32.2. The second-order valence-corrected chi connectivity index (χ2v) is 8.34. The fourth-order valence-corrected chi connectivity index (χ4v) is 3.99. The van der Waals surface area contributed by atoms with Crippen LogP contribution in [0, 0.1) is 11.3 Å². The Balaban J connectivity index is 1.68. The standard InChI is InChI=1S/C22H19N3O3S/c1-25(29(27,28)21-8-3-2-4-9-21)20-12-10-17(11-13-20)15-22(26)24-19-7-5-6-18(14-19)16-23/h2-14H,15H2,1H3,(H,24,26). The van der Waals surface area contributed by atoms with Gasteiger partial charge in [0.2, 0.25) is 5.91 Å². The Kier molecular flexibility index (Phi) is 5.96. The van der Waals surface area contributed by atoms with E-state index in [-0.39, 0.29) is 17.2 Å². The first-order chi connectivity index (χ1) is 13.9. The highest BCUT2D eigenvalue weighted by Gasteiger charge is 2.20. The van der Waals surface area contributed by atoms with E-state index in [1.54, 1.807) is 78.9 Å². The number of rotatable bonds is 6. The highest BCUT2D eigenvalue weighted by Crippen LogP contribution is 2.22. The van der Waals surface area contributed by atoms with Crippen LogP contribution < -0.4 is 9.62 Å². The lowest BCUT2D eigenvalue weighted by atomic mass is 10.1. The van der Waals surface area contributed by atoms with Gasteiger partial charge in [0.05, 0.1) is 28.6 Å². The summed E-state index contributed by atoms with van der Waals surface area (Å²) in [6.07, 6.45) is 0.131. The van der Waals surface area contributed by atoms with E-state index in [9.17, 15) is 13.2 Å². The molecule has 3 aromatic carbocycles. The SMILES string of the molecule is CN(c1ccc(CC(=O)Nc2cccc(C#N)c2)cc1)S(=O)(=O)c1ccccc1. The Morgan fingerprint density at radius 1 is 1.00 bits per heavy atom. The minimum atomic E-state index is -3.65. The van der Waals surface area contributed by atoms with Gasteiger partial charge in [-0.15, -0.1) is 0 Å². The molecule has 29 heavy (non-hydrogen) atoms. The minimum absolute atomic E-state index is 0.131. The number of carbonyl (C=O) groups excluding carboxylic acids is 1. The Labute approximate surface area is 170 Å². The molecule has 0 aromatic heterocycles. The number of hydrogen-bond donors (Lipinski definition) is 1. The number of nitriles is 1. The molecule has 3 aromatic rings. The summed E-state index contributed by atoms with van der Waals surface area (Å²) in [5.41, 5.74) is 2.27. The number of amides is 1. The molecule has 0 aliphatic carbocycles. The average molecular weight is 405 g/mol. The van der Waals surface area contributed by atoms with Gasteiger partial charge in [-0.2, -0.15) is 5.26 Å². The summed E-state index contributed by atoms with van der Waals surface area (Å²) in [6.45, 7) is 0. The molecule has 7 heteroatoms. The molecule has 0 radical (unpaired) electrons.